The second-order valence-electron chi connectivity index (χ2n) is 4.53. The zero-order valence-corrected chi connectivity index (χ0v) is 11.7. The molecule has 0 aliphatic carbocycles. The van der Waals surface area contributed by atoms with E-state index >= 15 is 0 Å². The third kappa shape index (κ3) is 2.91. The molecule has 1 amide bonds. The average Bonchev–Trinajstić information content (AvgIpc) is 2.71. The lowest BCUT2D eigenvalue weighted by Crippen LogP contribution is -2.39. The lowest BCUT2D eigenvalue weighted by Gasteiger charge is -2.26. The first-order chi connectivity index (χ1) is 8.37. The summed E-state index contributed by atoms with van der Waals surface area (Å²) in [4.78, 5) is 21.6. The largest absolute Gasteiger partial charge is 0.465 e. The molecule has 5 nitrogen and oxygen atoms in total. The summed E-state index contributed by atoms with van der Waals surface area (Å²) in [5, 5.41) is 9.25. The Bertz CT molecular complexity index is 577. The Labute approximate surface area is 114 Å². The van der Waals surface area contributed by atoms with Crippen LogP contribution in [0, 0.1) is 0 Å². The number of carboxylic acid groups (broad SMARTS) is 1. The molecule has 0 saturated heterocycles. The number of thiol groups is 1. The van der Waals surface area contributed by atoms with Crippen LogP contribution in [0.3, 0.4) is 0 Å². The van der Waals surface area contributed by atoms with Crippen LogP contribution >= 0.6 is 24.0 Å². The van der Waals surface area contributed by atoms with Crippen LogP contribution < -0.4 is 4.90 Å². The molecule has 0 aromatic carbocycles. The number of amides is 1. The van der Waals surface area contributed by atoms with E-state index in [0.29, 0.717) is 5.82 Å². The van der Waals surface area contributed by atoms with Crippen LogP contribution in [0.2, 0.25) is 0 Å². The first-order valence-electron chi connectivity index (χ1n) is 5.30. The van der Waals surface area contributed by atoms with Gasteiger partial charge in [0.25, 0.3) is 0 Å². The van der Waals surface area contributed by atoms with E-state index < -0.39 is 10.8 Å². The molecule has 0 fully saturated rings. The molecule has 1 N–H and O–H groups in total. The molecule has 2 aromatic heterocycles. The lowest BCUT2D eigenvalue weighted by molar-refractivity contribution is 0.201. The topological polar surface area (TPSA) is 66.3 Å². The Morgan fingerprint density at radius 1 is 1.56 bits per heavy atom. The van der Waals surface area contributed by atoms with E-state index in [1.807, 2.05) is 13.8 Å². The number of pyridine rings is 1. The van der Waals surface area contributed by atoms with Gasteiger partial charge in [-0.25, -0.2) is 14.8 Å². The summed E-state index contributed by atoms with van der Waals surface area (Å²) in [5.74, 6) is 0.404. The maximum absolute atomic E-state index is 11.3. The standard InChI is InChI=1S/C11H13N3O2S2/c1-11(2,17)5-14(10(15)16)8-4-3-7-9(13-8)18-6-12-7/h3-4,6,17H,5H2,1-2H3,(H,15,16). The molecular weight excluding hydrogens is 270 g/mol. The van der Waals surface area contributed by atoms with E-state index in [-0.39, 0.29) is 6.54 Å². The zero-order chi connectivity index (χ0) is 13.3. The molecule has 2 rings (SSSR count). The van der Waals surface area contributed by atoms with E-state index in [4.69, 9.17) is 0 Å². The minimum absolute atomic E-state index is 0.267. The fourth-order valence-corrected chi connectivity index (χ4v) is 2.32. The van der Waals surface area contributed by atoms with Crippen LogP contribution in [0.4, 0.5) is 10.6 Å². The first kappa shape index (κ1) is 13.1. The molecule has 0 unspecified atom stereocenters. The van der Waals surface area contributed by atoms with Crippen LogP contribution in [0.15, 0.2) is 17.6 Å². The molecule has 7 heteroatoms. The lowest BCUT2D eigenvalue weighted by atomic mass is 10.2. The van der Waals surface area contributed by atoms with Crippen molar-refractivity contribution in [3.63, 3.8) is 0 Å². The molecule has 0 bridgehead atoms. The fraction of sp³-hybridized carbons (Fsp3) is 0.364. The summed E-state index contributed by atoms with van der Waals surface area (Å²) in [5.41, 5.74) is 2.47. The van der Waals surface area contributed by atoms with Gasteiger partial charge < -0.3 is 5.11 Å². The fourth-order valence-electron chi connectivity index (χ4n) is 1.53. The smallest absolute Gasteiger partial charge is 0.413 e. The Kier molecular flexibility index (Phi) is 3.45. The summed E-state index contributed by atoms with van der Waals surface area (Å²) in [6, 6.07) is 3.44. The van der Waals surface area contributed by atoms with Crippen molar-refractivity contribution >= 4 is 46.2 Å². The third-order valence-electron chi connectivity index (χ3n) is 2.23. The van der Waals surface area contributed by atoms with Crippen LogP contribution in [0.5, 0.6) is 0 Å². The van der Waals surface area contributed by atoms with Gasteiger partial charge in [0.05, 0.1) is 5.51 Å². The Morgan fingerprint density at radius 3 is 2.89 bits per heavy atom. The maximum Gasteiger partial charge on any atom is 0.413 e. The number of thiazole rings is 1. The van der Waals surface area contributed by atoms with Crippen molar-refractivity contribution in [2.24, 2.45) is 0 Å². The highest BCUT2D eigenvalue weighted by Gasteiger charge is 2.24. The predicted octanol–water partition coefficient (Wildman–Crippen LogP) is 2.88. The minimum Gasteiger partial charge on any atom is -0.465 e. The van der Waals surface area contributed by atoms with Gasteiger partial charge in [-0.3, -0.25) is 4.90 Å². The molecule has 0 radical (unpaired) electrons. The van der Waals surface area contributed by atoms with E-state index in [0.717, 1.165) is 10.3 Å². The van der Waals surface area contributed by atoms with Gasteiger partial charge in [0, 0.05) is 11.3 Å². The van der Waals surface area contributed by atoms with Crippen molar-refractivity contribution in [1.29, 1.82) is 0 Å². The zero-order valence-electron chi connectivity index (χ0n) is 9.99. The van der Waals surface area contributed by atoms with E-state index in [9.17, 15) is 9.90 Å². The summed E-state index contributed by atoms with van der Waals surface area (Å²) >= 11 is 5.75. The summed E-state index contributed by atoms with van der Waals surface area (Å²) in [6.45, 7) is 3.98. The molecule has 0 aliphatic rings. The molecule has 0 atom stereocenters. The van der Waals surface area contributed by atoms with Crippen molar-refractivity contribution in [2.75, 3.05) is 11.4 Å². The molecule has 96 valence electrons. The molecule has 2 aromatic rings. The average molecular weight is 283 g/mol. The second kappa shape index (κ2) is 4.74. The number of aromatic nitrogens is 2. The number of anilines is 1. The van der Waals surface area contributed by atoms with E-state index in [1.54, 1.807) is 17.6 Å². The number of nitrogens with zero attached hydrogens (tertiary/aromatic N) is 3. The van der Waals surface area contributed by atoms with Gasteiger partial charge in [-0.1, -0.05) is 0 Å². The summed E-state index contributed by atoms with van der Waals surface area (Å²) in [7, 11) is 0. The molecule has 18 heavy (non-hydrogen) atoms. The summed E-state index contributed by atoms with van der Waals surface area (Å²) < 4.78 is -0.428. The molecular formula is C11H13N3O2S2. The van der Waals surface area contributed by atoms with Gasteiger partial charge in [-0.15, -0.1) is 11.3 Å². The van der Waals surface area contributed by atoms with Gasteiger partial charge >= 0.3 is 6.09 Å². The monoisotopic (exact) mass is 283 g/mol. The number of fused-ring (bicyclic) bond motifs is 1. The number of hydrogen-bond acceptors (Lipinski definition) is 5. The van der Waals surface area contributed by atoms with E-state index in [2.05, 4.69) is 22.6 Å². The number of carbonyl (C=O) groups is 1. The Balaban J connectivity index is 2.38. The SMILES string of the molecule is CC(C)(S)CN(C(=O)O)c1ccc2ncsc2n1. The minimum atomic E-state index is -1.03. The first-order valence-corrected chi connectivity index (χ1v) is 6.62. The van der Waals surface area contributed by atoms with Gasteiger partial charge in [0.2, 0.25) is 0 Å². The number of hydrogen-bond donors (Lipinski definition) is 2. The quantitative estimate of drug-likeness (QED) is 0.850. The Morgan fingerprint density at radius 2 is 2.28 bits per heavy atom. The van der Waals surface area contributed by atoms with Crippen molar-refractivity contribution < 1.29 is 9.90 Å². The van der Waals surface area contributed by atoms with Crippen molar-refractivity contribution in [1.82, 2.24) is 9.97 Å². The van der Waals surface area contributed by atoms with Crippen LogP contribution in [0.1, 0.15) is 13.8 Å². The highest BCUT2D eigenvalue weighted by Crippen LogP contribution is 2.23. The maximum atomic E-state index is 11.3. The normalized spacial score (nSPS) is 11.7. The Hall–Kier alpha value is -1.34. The third-order valence-corrected chi connectivity index (χ3v) is 3.11. The van der Waals surface area contributed by atoms with Gasteiger partial charge in [-0.05, 0) is 26.0 Å². The summed E-state index contributed by atoms with van der Waals surface area (Å²) in [6.07, 6.45) is -1.03. The van der Waals surface area contributed by atoms with Gasteiger partial charge in [0.15, 0.2) is 0 Å². The van der Waals surface area contributed by atoms with Crippen molar-refractivity contribution in [3.8, 4) is 0 Å². The number of rotatable bonds is 3. The molecule has 0 aliphatic heterocycles. The van der Waals surface area contributed by atoms with Crippen molar-refractivity contribution in [2.45, 2.75) is 18.6 Å². The molecule has 0 saturated carbocycles. The molecule has 0 spiro atoms. The van der Waals surface area contributed by atoms with Gasteiger partial charge in [-0.2, -0.15) is 12.6 Å². The molecule has 2 heterocycles. The van der Waals surface area contributed by atoms with Crippen molar-refractivity contribution in [3.05, 3.63) is 17.6 Å². The highest BCUT2D eigenvalue weighted by atomic mass is 32.1. The van der Waals surface area contributed by atoms with Crippen LogP contribution in [0.25, 0.3) is 10.3 Å². The highest BCUT2D eigenvalue weighted by molar-refractivity contribution is 7.81. The van der Waals surface area contributed by atoms with Gasteiger partial charge in [0.1, 0.15) is 16.2 Å². The second-order valence-corrected chi connectivity index (χ2v) is 6.57. The van der Waals surface area contributed by atoms with Crippen LogP contribution in [-0.4, -0.2) is 32.5 Å². The predicted molar refractivity (Wildman–Crippen MR) is 75.9 cm³/mol. The van der Waals surface area contributed by atoms with Crippen LogP contribution in [-0.2, 0) is 0 Å². The van der Waals surface area contributed by atoms with E-state index in [1.165, 1.54) is 16.2 Å².